The molecule has 0 saturated carbocycles. The van der Waals surface area contributed by atoms with Crippen LogP contribution in [0, 0.1) is 6.92 Å². The summed E-state index contributed by atoms with van der Waals surface area (Å²) in [5.74, 6) is 2.24. The molecule has 0 spiro atoms. The Morgan fingerprint density at radius 3 is 2.41 bits per heavy atom. The molecule has 3 nitrogen and oxygen atoms in total. The summed E-state index contributed by atoms with van der Waals surface area (Å²) in [4.78, 5) is 0. The van der Waals surface area contributed by atoms with Gasteiger partial charge in [0.25, 0.3) is 0 Å². The molecule has 1 aromatic rings. The van der Waals surface area contributed by atoms with E-state index in [9.17, 15) is 0 Å². The summed E-state index contributed by atoms with van der Waals surface area (Å²) in [6, 6.07) is 3.73. The minimum Gasteiger partial charge on any atom is -0.496 e. The van der Waals surface area contributed by atoms with Crippen LogP contribution in [0.5, 0.6) is 17.2 Å². The van der Waals surface area contributed by atoms with Crippen molar-refractivity contribution in [3.63, 3.8) is 0 Å². The predicted molar refractivity (Wildman–Crippen MR) is 72.7 cm³/mol. The van der Waals surface area contributed by atoms with Gasteiger partial charge < -0.3 is 14.2 Å². The van der Waals surface area contributed by atoms with Crippen molar-refractivity contribution < 1.29 is 14.2 Å². The highest BCUT2D eigenvalue weighted by Crippen LogP contribution is 2.36. The van der Waals surface area contributed by atoms with Gasteiger partial charge in [-0.15, -0.1) is 0 Å². The fourth-order valence-corrected chi connectivity index (χ4v) is 1.77. The van der Waals surface area contributed by atoms with Crippen LogP contribution in [0.3, 0.4) is 0 Å². The molecule has 0 saturated heterocycles. The van der Waals surface area contributed by atoms with Gasteiger partial charge in [-0.1, -0.05) is 28.1 Å². The van der Waals surface area contributed by atoms with Crippen molar-refractivity contribution >= 4 is 15.9 Å². The summed E-state index contributed by atoms with van der Waals surface area (Å²) >= 11 is 3.31. The number of benzene rings is 1. The molecular formula is C13H17BrO3. The Bertz CT molecular complexity index is 388. The molecule has 17 heavy (non-hydrogen) atoms. The Kier molecular flexibility index (Phi) is 5.91. The summed E-state index contributed by atoms with van der Waals surface area (Å²) in [5, 5.41) is 0.829. The standard InChI is InChI=1S/C13H17BrO3/c1-10-11(15-2)6-7-12(13(10)16-3)17-9-5-4-8-14/h4-7H,8-9H2,1-3H3/b5-4+. The molecule has 0 aliphatic heterocycles. The molecule has 0 atom stereocenters. The zero-order chi connectivity index (χ0) is 12.7. The van der Waals surface area contributed by atoms with E-state index >= 15 is 0 Å². The lowest BCUT2D eigenvalue weighted by Gasteiger charge is -2.14. The van der Waals surface area contributed by atoms with Crippen LogP contribution in [0.4, 0.5) is 0 Å². The fourth-order valence-electron chi connectivity index (χ4n) is 1.51. The van der Waals surface area contributed by atoms with E-state index in [4.69, 9.17) is 14.2 Å². The van der Waals surface area contributed by atoms with E-state index in [1.807, 2.05) is 31.2 Å². The highest BCUT2D eigenvalue weighted by atomic mass is 79.9. The first-order valence-corrected chi connectivity index (χ1v) is 6.42. The van der Waals surface area contributed by atoms with Crippen molar-refractivity contribution in [3.8, 4) is 17.2 Å². The molecule has 1 rings (SSSR count). The number of alkyl halides is 1. The lowest BCUT2D eigenvalue weighted by Crippen LogP contribution is -1.99. The largest absolute Gasteiger partial charge is 0.496 e. The molecule has 0 radical (unpaired) electrons. The Balaban J connectivity index is 2.85. The molecule has 94 valence electrons. The van der Waals surface area contributed by atoms with Gasteiger partial charge in [0.2, 0.25) is 0 Å². The van der Waals surface area contributed by atoms with E-state index in [1.54, 1.807) is 14.2 Å². The van der Waals surface area contributed by atoms with E-state index in [2.05, 4.69) is 15.9 Å². The highest BCUT2D eigenvalue weighted by molar-refractivity contribution is 9.09. The second-order valence-electron chi connectivity index (χ2n) is 3.36. The molecule has 0 bridgehead atoms. The first kappa shape index (κ1) is 13.9. The molecule has 0 aliphatic rings. The third-order valence-corrected chi connectivity index (χ3v) is 2.71. The van der Waals surface area contributed by atoms with Crippen LogP contribution >= 0.6 is 15.9 Å². The summed E-state index contributed by atoms with van der Waals surface area (Å²) in [5.41, 5.74) is 0.942. The smallest absolute Gasteiger partial charge is 0.167 e. The maximum absolute atomic E-state index is 5.62. The number of allylic oxidation sites excluding steroid dienone is 1. The number of hydrogen-bond acceptors (Lipinski definition) is 3. The zero-order valence-electron chi connectivity index (χ0n) is 10.3. The molecule has 4 heteroatoms. The molecule has 1 aromatic carbocycles. The minimum absolute atomic E-state index is 0.522. The lowest BCUT2D eigenvalue weighted by molar-refractivity contribution is 0.321. The van der Waals surface area contributed by atoms with Crippen molar-refractivity contribution in [1.29, 1.82) is 0 Å². The molecular weight excluding hydrogens is 284 g/mol. The maximum Gasteiger partial charge on any atom is 0.167 e. The van der Waals surface area contributed by atoms with Crippen molar-refractivity contribution in [3.05, 3.63) is 29.8 Å². The Hall–Kier alpha value is -1.16. The number of methoxy groups -OCH3 is 2. The number of hydrogen-bond donors (Lipinski definition) is 0. The Morgan fingerprint density at radius 2 is 1.82 bits per heavy atom. The average Bonchev–Trinajstić information content (AvgIpc) is 2.35. The first-order valence-electron chi connectivity index (χ1n) is 5.30. The average molecular weight is 301 g/mol. The number of ether oxygens (including phenoxy) is 3. The van der Waals surface area contributed by atoms with Crippen LogP contribution in [0.15, 0.2) is 24.3 Å². The van der Waals surface area contributed by atoms with Gasteiger partial charge in [0.1, 0.15) is 12.4 Å². The summed E-state index contributed by atoms with van der Waals surface area (Å²) in [6.07, 6.45) is 3.94. The second-order valence-corrected chi connectivity index (χ2v) is 4.01. The van der Waals surface area contributed by atoms with E-state index < -0.39 is 0 Å². The predicted octanol–water partition coefficient (Wildman–Crippen LogP) is 3.34. The molecule has 0 amide bonds. The normalized spacial score (nSPS) is 10.6. The van der Waals surface area contributed by atoms with Crippen LogP contribution in [-0.4, -0.2) is 26.2 Å². The van der Waals surface area contributed by atoms with E-state index in [1.165, 1.54) is 0 Å². The fraction of sp³-hybridized carbons (Fsp3) is 0.385. The molecule has 0 heterocycles. The van der Waals surface area contributed by atoms with Crippen molar-refractivity contribution in [2.24, 2.45) is 0 Å². The topological polar surface area (TPSA) is 27.7 Å². The summed E-state index contributed by atoms with van der Waals surface area (Å²) in [7, 11) is 3.27. The van der Waals surface area contributed by atoms with Gasteiger partial charge in [0, 0.05) is 10.9 Å². The van der Waals surface area contributed by atoms with Crippen LogP contribution in [-0.2, 0) is 0 Å². The SMILES string of the molecule is COc1ccc(OC/C=C/CBr)c(OC)c1C. The van der Waals surface area contributed by atoms with Crippen molar-refractivity contribution in [1.82, 2.24) is 0 Å². The van der Waals surface area contributed by atoms with Crippen LogP contribution < -0.4 is 14.2 Å². The van der Waals surface area contributed by atoms with Crippen LogP contribution in [0.1, 0.15) is 5.56 Å². The molecule has 0 aliphatic carbocycles. The van der Waals surface area contributed by atoms with Gasteiger partial charge >= 0.3 is 0 Å². The summed E-state index contributed by atoms with van der Waals surface area (Å²) in [6.45, 7) is 2.46. The Morgan fingerprint density at radius 1 is 1.12 bits per heavy atom. The number of rotatable bonds is 6. The maximum atomic E-state index is 5.62. The third-order valence-electron chi connectivity index (χ3n) is 2.33. The van der Waals surface area contributed by atoms with Crippen molar-refractivity contribution in [2.75, 3.05) is 26.2 Å². The third kappa shape index (κ3) is 3.66. The van der Waals surface area contributed by atoms with Gasteiger partial charge in [-0.3, -0.25) is 0 Å². The Labute approximate surface area is 111 Å². The summed E-state index contributed by atoms with van der Waals surface area (Å²) < 4.78 is 16.2. The molecule has 0 aromatic heterocycles. The molecule has 0 unspecified atom stereocenters. The van der Waals surface area contributed by atoms with E-state index in [-0.39, 0.29) is 0 Å². The highest BCUT2D eigenvalue weighted by Gasteiger charge is 2.11. The lowest BCUT2D eigenvalue weighted by atomic mass is 10.2. The van der Waals surface area contributed by atoms with Gasteiger partial charge in [-0.2, -0.15) is 0 Å². The number of halogens is 1. The van der Waals surface area contributed by atoms with Crippen LogP contribution in [0.25, 0.3) is 0 Å². The van der Waals surface area contributed by atoms with Gasteiger partial charge in [-0.25, -0.2) is 0 Å². The zero-order valence-corrected chi connectivity index (χ0v) is 11.9. The first-order chi connectivity index (χ1) is 8.24. The monoisotopic (exact) mass is 300 g/mol. The van der Waals surface area contributed by atoms with Gasteiger partial charge in [-0.05, 0) is 19.1 Å². The minimum atomic E-state index is 0.522. The van der Waals surface area contributed by atoms with Gasteiger partial charge in [0.15, 0.2) is 11.5 Å². The van der Waals surface area contributed by atoms with Gasteiger partial charge in [0.05, 0.1) is 14.2 Å². The van der Waals surface area contributed by atoms with Crippen molar-refractivity contribution in [2.45, 2.75) is 6.92 Å². The van der Waals surface area contributed by atoms with E-state index in [0.29, 0.717) is 6.61 Å². The van der Waals surface area contributed by atoms with E-state index in [0.717, 1.165) is 28.1 Å². The second kappa shape index (κ2) is 7.22. The molecule has 0 fully saturated rings. The molecule has 0 N–H and O–H groups in total. The quantitative estimate of drug-likeness (QED) is 0.596. The van der Waals surface area contributed by atoms with Crippen LogP contribution in [0.2, 0.25) is 0 Å².